The van der Waals surface area contributed by atoms with Crippen molar-refractivity contribution >= 4 is 61.0 Å². The molecular formula is C44H68BN8O8S+. The van der Waals surface area contributed by atoms with E-state index in [2.05, 4.69) is 52.8 Å². The molecule has 1 atom stereocenters. The summed E-state index contributed by atoms with van der Waals surface area (Å²) in [4.78, 5) is 58.7. The van der Waals surface area contributed by atoms with E-state index in [0.717, 1.165) is 60.5 Å². The molecule has 4 amide bonds. The van der Waals surface area contributed by atoms with E-state index in [4.69, 9.17) is 14.9 Å². The molecule has 2 radical (unpaired) electrons. The molecule has 18 heteroatoms. The maximum atomic E-state index is 12.6. The first-order valence-corrected chi connectivity index (χ1v) is 21.2. The zero-order chi connectivity index (χ0) is 47.2. The fourth-order valence-electron chi connectivity index (χ4n) is 5.87. The maximum absolute atomic E-state index is 12.6. The second kappa shape index (κ2) is 32.3. The van der Waals surface area contributed by atoms with Crippen molar-refractivity contribution in [3.8, 4) is 28.2 Å². The Morgan fingerprint density at radius 2 is 1.55 bits per heavy atom. The Hall–Kier alpha value is -5.43. The lowest BCUT2D eigenvalue weighted by Crippen LogP contribution is -2.44. The molecule has 2 aromatic carbocycles. The Kier molecular flexibility index (Phi) is 29.5. The minimum Gasteiger partial charge on any atom is -0.497 e. The summed E-state index contributed by atoms with van der Waals surface area (Å²) in [7, 11) is 15.1. The summed E-state index contributed by atoms with van der Waals surface area (Å²) in [5, 5.41) is 25.7. The molecule has 0 spiro atoms. The van der Waals surface area contributed by atoms with Gasteiger partial charge in [0.15, 0.2) is 0 Å². The van der Waals surface area contributed by atoms with Crippen LogP contribution in [0.15, 0.2) is 59.0 Å². The summed E-state index contributed by atoms with van der Waals surface area (Å²) in [6.07, 6.45) is 6.34. The van der Waals surface area contributed by atoms with Crippen LogP contribution >= 0.6 is 12.6 Å². The zero-order valence-electron chi connectivity index (χ0n) is 37.8. The monoisotopic (exact) mass is 879 g/mol. The molecule has 0 fully saturated rings. The largest absolute Gasteiger partial charge is 0.497 e. The van der Waals surface area contributed by atoms with Crippen molar-refractivity contribution in [2.24, 2.45) is 11.5 Å². The van der Waals surface area contributed by atoms with Crippen LogP contribution in [0.3, 0.4) is 0 Å². The number of unbranched alkanes of at least 4 members (excludes halogenated alkanes) is 2. The van der Waals surface area contributed by atoms with E-state index in [1.165, 1.54) is 19.9 Å². The van der Waals surface area contributed by atoms with Crippen LogP contribution in [-0.2, 0) is 14.4 Å². The summed E-state index contributed by atoms with van der Waals surface area (Å²) >= 11 is 3.53. The highest BCUT2D eigenvalue weighted by Crippen LogP contribution is 2.42. The molecule has 0 saturated heterocycles. The molecule has 1 unspecified atom stereocenters. The normalized spacial score (nSPS) is 10.4. The molecule has 0 bridgehead atoms. The second-order valence-corrected chi connectivity index (χ2v) is 13.3. The summed E-state index contributed by atoms with van der Waals surface area (Å²) in [6.45, 7) is 5.07. The number of thiol groups is 1. The minimum atomic E-state index is -1.11. The van der Waals surface area contributed by atoms with Crippen LogP contribution in [0.4, 0.5) is 0 Å². The van der Waals surface area contributed by atoms with Gasteiger partial charge in [-0.15, -0.1) is 0 Å². The third kappa shape index (κ3) is 18.7. The van der Waals surface area contributed by atoms with Crippen LogP contribution in [0, 0.1) is 0 Å². The SMILES string of the molecule is CCCCNC(=O)c1ccc(-c2c3ccc(=[N+](C)C)cc-3oc3cc(OC)ccc23)c(C(=O)O)c1.CN.CNCCCCC(NC)C(=O)NCCC(=O)NCC(N)=O.CS.[B]C. The number of primary amides is 1. The number of carbonyl (C=O) groups excluding carboxylic acids is 4. The van der Waals surface area contributed by atoms with Gasteiger partial charge in [0, 0.05) is 53.7 Å². The topological polar surface area (TPSA) is 243 Å². The molecule has 340 valence electrons. The number of nitrogens with one attached hydrogen (secondary N) is 5. The van der Waals surface area contributed by atoms with E-state index in [1.807, 2.05) is 63.0 Å². The molecule has 16 nitrogen and oxygen atoms in total. The number of fused-ring (bicyclic) bond motifs is 2. The Bertz CT molecular complexity index is 2040. The highest BCUT2D eigenvalue weighted by Gasteiger charge is 2.24. The number of carboxylic acids is 1. The van der Waals surface area contributed by atoms with E-state index in [9.17, 15) is 29.1 Å². The molecule has 0 saturated carbocycles. The lowest BCUT2D eigenvalue weighted by atomic mass is 9.89. The van der Waals surface area contributed by atoms with Gasteiger partial charge < -0.3 is 52.3 Å². The predicted molar refractivity (Wildman–Crippen MR) is 253 cm³/mol. The van der Waals surface area contributed by atoms with E-state index >= 15 is 0 Å². The summed E-state index contributed by atoms with van der Waals surface area (Å²) in [5.74, 6) is -1.18. The first-order valence-electron chi connectivity index (χ1n) is 20.3. The number of carboxylic acid groups (broad SMARTS) is 1. The van der Waals surface area contributed by atoms with Crippen LogP contribution < -0.4 is 52.7 Å². The number of hydrogen-bond donors (Lipinski definition) is 9. The lowest BCUT2D eigenvalue weighted by molar-refractivity contribution is -0.125. The van der Waals surface area contributed by atoms with Crippen molar-refractivity contribution in [3.05, 3.63) is 71.1 Å². The number of hydrogen-bond acceptors (Lipinski definition) is 11. The molecule has 0 aromatic heterocycles. The zero-order valence-corrected chi connectivity index (χ0v) is 38.7. The number of ether oxygens (including phenoxy) is 1. The second-order valence-electron chi connectivity index (χ2n) is 13.3. The van der Waals surface area contributed by atoms with E-state index in [1.54, 1.807) is 38.6 Å². The lowest BCUT2D eigenvalue weighted by Gasteiger charge is -2.17. The quantitative estimate of drug-likeness (QED) is 0.0218. The van der Waals surface area contributed by atoms with Crippen LogP contribution in [0.25, 0.3) is 33.4 Å². The van der Waals surface area contributed by atoms with Gasteiger partial charge in [-0.1, -0.05) is 32.7 Å². The van der Waals surface area contributed by atoms with Crippen molar-refractivity contribution in [2.75, 3.05) is 74.8 Å². The van der Waals surface area contributed by atoms with Crippen LogP contribution in [0.5, 0.6) is 5.75 Å². The van der Waals surface area contributed by atoms with Crippen LogP contribution in [0.1, 0.15) is 66.2 Å². The Morgan fingerprint density at radius 3 is 2.13 bits per heavy atom. The summed E-state index contributed by atoms with van der Waals surface area (Å²) in [5.41, 5.74) is 12.4. The molecule has 2 aliphatic rings. The number of methoxy groups -OCH3 is 1. The average molecular weight is 880 g/mol. The average Bonchev–Trinajstić information content (AvgIpc) is 3.29. The van der Waals surface area contributed by atoms with Gasteiger partial charge in [0.05, 0.1) is 39.2 Å². The number of carbonyl (C=O) groups is 5. The first kappa shape index (κ1) is 56.6. The van der Waals surface area contributed by atoms with Crippen molar-refractivity contribution in [1.82, 2.24) is 31.2 Å². The number of benzene rings is 3. The molecular weight excluding hydrogens is 811 g/mol. The van der Waals surface area contributed by atoms with Crippen molar-refractivity contribution in [3.63, 3.8) is 0 Å². The Balaban J connectivity index is 0.00000119. The van der Waals surface area contributed by atoms with Crippen molar-refractivity contribution in [2.45, 2.75) is 58.3 Å². The highest BCUT2D eigenvalue weighted by atomic mass is 32.1. The van der Waals surface area contributed by atoms with Gasteiger partial charge in [-0.05, 0) is 89.1 Å². The number of aromatic carboxylic acids is 1. The van der Waals surface area contributed by atoms with Gasteiger partial charge in [-0.2, -0.15) is 12.6 Å². The molecule has 1 aliphatic heterocycles. The van der Waals surface area contributed by atoms with E-state index < -0.39 is 11.9 Å². The smallest absolute Gasteiger partial charge is 0.336 e. The standard InChI is InChI=1S/C28H28N2O5.C13H27N5O3.CH3B.CH5N.CH4S/c1-5-6-13-29-27(31)17-7-10-20(23(14-17)28(32)33)26-21-11-8-18(30(2)3)15-24(21)35-25-16-19(34-4)9-12-22(25)26;1-15-7-4-3-5-10(16-2)13(21)17-8-6-12(20)18-9-11(14)19;3*1-2/h7-12,14-16H,5-6,13H2,1-4H3,(H-,29,31,32,33);10,15-16H,3-9H2,1-2H3,(H2,14,19)(H,17,21)(H,18,20);1H3;2H2,1H3;2H,1H3/p+1. The fraction of sp³-hybridized carbons (Fsp3) is 0.455. The van der Waals surface area contributed by atoms with Gasteiger partial charge >= 0.3 is 5.97 Å². The minimum absolute atomic E-state index is 0.0504. The Labute approximate surface area is 373 Å². The molecule has 1 heterocycles. The number of nitrogens with zero attached hydrogens (tertiary/aromatic N) is 1. The molecule has 4 rings (SSSR count). The summed E-state index contributed by atoms with van der Waals surface area (Å²) in [6, 6.07) is 15.9. The predicted octanol–water partition coefficient (Wildman–Crippen LogP) is 2.87. The fourth-order valence-corrected chi connectivity index (χ4v) is 5.87. The number of nitrogens with two attached hydrogens (primary N) is 2. The Morgan fingerprint density at radius 1 is 0.871 bits per heavy atom. The molecule has 1 aliphatic carbocycles. The van der Waals surface area contributed by atoms with E-state index in [-0.39, 0.29) is 48.8 Å². The maximum Gasteiger partial charge on any atom is 0.336 e. The molecule has 10 N–H and O–H groups in total. The number of likely N-dealkylation sites (N-methyl/N-ethyl adjacent to an activating group) is 1. The van der Waals surface area contributed by atoms with Crippen molar-refractivity contribution < 1.29 is 38.2 Å². The molecule has 2 aromatic rings. The third-order valence-electron chi connectivity index (χ3n) is 8.97. The van der Waals surface area contributed by atoms with Gasteiger partial charge in [0.2, 0.25) is 23.1 Å². The van der Waals surface area contributed by atoms with Crippen LogP contribution in [-0.4, -0.2) is 123 Å². The summed E-state index contributed by atoms with van der Waals surface area (Å²) < 4.78 is 13.6. The first-order chi connectivity index (χ1) is 29.8. The highest BCUT2D eigenvalue weighted by molar-refractivity contribution is 7.79. The third-order valence-corrected chi connectivity index (χ3v) is 8.97. The van der Waals surface area contributed by atoms with Gasteiger partial charge in [0.25, 0.3) is 5.91 Å². The number of amides is 4. The molecule has 62 heavy (non-hydrogen) atoms. The van der Waals surface area contributed by atoms with Crippen molar-refractivity contribution in [1.29, 1.82) is 0 Å². The van der Waals surface area contributed by atoms with Gasteiger partial charge in [-0.25, -0.2) is 9.37 Å². The van der Waals surface area contributed by atoms with Gasteiger partial charge in [0.1, 0.15) is 31.2 Å². The van der Waals surface area contributed by atoms with Crippen LogP contribution in [0.2, 0.25) is 6.82 Å². The number of rotatable bonds is 19. The van der Waals surface area contributed by atoms with Gasteiger partial charge in [-0.3, -0.25) is 19.2 Å². The van der Waals surface area contributed by atoms with E-state index in [0.29, 0.717) is 34.8 Å².